The summed E-state index contributed by atoms with van der Waals surface area (Å²) in [6.45, 7) is 4.72. The molecule has 0 amide bonds. The average molecular weight is 725 g/mol. The fourth-order valence-electron chi connectivity index (χ4n) is 6.32. The van der Waals surface area contributed by atoms with Gasteiger partial charge in [0.05, 0.1) is 34.4 Å². The zero-order valence-corrected chi connectivity index (χ0v) is 34.1. The van der Waals surface area contributed by atoms with Gasteiger partial charge >= 0.3 is 17.9 Å². The number of hydrogen-bond donors (Lipinski definition) is 1. The number of unbranched alkanes of at least 4 members (excludes halogenated alkanes) is 22. The molecule has 0 aliphatic heterocycles. The Balaban J connectivity index is 4.30. The van der Waals surface area contributed by atoms with Crippen LogP contribution < -0.4 is 0 Å². The molecule has 8 heteroatoms. The number of esters is 2. The summed E-state index contributed by atoms with van der Waals surface area (Å²) in [4.78, 5) is 36.8. The average Bonchev–Trinajstić information content (AvgIpc) is 3.08. The van der Waals surface area contributed by atoms with Crippen molar-refractivity contribution in [3.8, 4) is 0 Å². The largest absolute Gasteiger partial charge is 0.477 e. The number of likely N-dealkylation sites (N-methyl/N-ethyl adjacent to an activating group) is 1. The lowest BCUT2D eigenvalue weighted by Crippen LogP contribution is -2.50. The Hall–Kier alpha value is -1.93. The smallest absolute Gasteiger partial charge is 0.362 e. The van der Waals surface area contributed by atoms with Gasteiger partial charge in [0.15, 0.2) is 12.1 Å². The van der Waals surface area contributed by atoms with Crippen LogP contribution in [0.4, 0.5) is 0 Å². The highest BCUT2D eigenvalue weighted by Crippen LogP contribution is 2.14. The Bertz CT molecular complexity index is 854. The molecule has 51 heavy (non-hydrogen) atoms. The lowest BCUT2D eigenvalue weighted by atomic mass is 10.1. The van der Waals surface area contributed by atoms with Crippen molar-refractivity contribution in [3.05, 3.63) is 12.2 Å². The number of rotatable bonds is 38. The molecule has 0 rings (SSSR count). The fraction of sp³-hybridized carbons (Fsp3) is 0.884. The number of carboxylic acids is 1. The number of aliphatic carboxylic acids is 1. The molecule has 2 unspecified atom stereocenters. The second-order valence-corrected chi connectivity index (χ2v) is 15.6. The van der Waals surface area contributed by atoms with E-state index >= 15 is 0 Å². The first-order valence-electron chi connectivity index (χ1n) is 21.2. The maximum Gasteiger partial charge on any atom is 0.362 e. The first-order valence-corrected chi connectivity index (χ1v) is 21.2. The van der Waals surface area contributed by atoms with E-state index in [2.05, 4.69) is 26.0 Å². The zero-order chi connectivity index (χ0) is 37.8. The van der Waals surface area contributed by atoms with Gasteiger partial charge in [-0.05, 0) is 38.5 Å². The summed E-state index contributed by atoms with van der Waals surface area (Å²) < 4.78 is 17.2. The first kappa shape index (κ1) is 49.1. The number of ether oxygens (including phenoxy) is 3. The van der Waals surface area contributed by atoms with Crippen LogP contribution in [0.5, 0.6) is 0 Å². The van der Waals surface area contributed by atoms with Gasteiger partial charge in [-0.2, -0.15) is 0 Å². The van der Waals surface area contributed by atoms with E-state index in [9.17, 15) is 19.5 Å². The standard InChI is InChI=1S/C43H81NO7/c1-6-8-10-12-14-16-17-18-19-20-21-22-23-24-26-28-30-32-34-42(46)51-39(37-49-36-35-40(43(47)48)44(3,4)5)38-50-41(45)33-31-29-27-25-15-13-11-9-7-2/h19-20,39-40H,6-18,21-38H2,1-5H3/p+1/b20-19-. The van der Waals surface area contributed by atoms with Gasteiger partial charge in [-0.25, -0.2) is 4.79 Å². The monoisotopic (exact) mass is 725 g/mol. The Morgan fingerprint density at radius 2 is 0.980 bits per heavy atom. The third-order valence-electron chi connectivity index (χ3n) is 9.66. The van der Waals surface area contributed by atoms with Crippen LogP contribution in [0.2, 0.25) is 0 Å². The van der Waals surface area contributed by atoms with Crippen LogP contribution in [0.25, 0.3) is 0 Å². The highest BCUT2D eigenvalue weighted by molar-refractivity contribution is 5.72. The van der Waals surface area contributed by atoms with Crippen molar-refractivity contribution in [2.45, 2.75) is 206 Å². The summed E-state index contributed by atoms with van der Waals surface area (Å²) in [7, 11) is 5.52. The van der Waals surface area contributed by atoms with Crippen LogP contribution in [0, 0.1) is 0 Å². The molecule has 0 heterocycles. The quantitative estimate of drug-likeness (QED) is 0.0293. The molecule has 0 saturated carbocycles. The SMILES string of the molecule is CCCCCCCCC/C=C\CCCCCCCCCC(=O)OC(COCCC(C(=O)O)[N+](C)(C)C)COC(=O)CCCCCCCCCCC. The van der Waals surface area contributed by atoms with Gasteiger partial charge < -0.3 is 23.8 Å². The molecule has 0 aliphatic carbocycles. The molecule has 2 atom stereocenters. The van der Waals surface area contributed by atoms with E-state index in [0.29, 0.717) is 19.3 Å². The van der Waals surface area contributed by atoms with Crippen molar-refractivity contribution in [3.63, 3.8) is 0 Å². The van der Waals surface area contributed by atoms with Gasteiger partial charge in [-0.3, -0.25) is 9.59 Å². The Labute approximate surface area is 314 Å². The van der Waals surface area contributed by atoms with E-state index in [4.69, 9.17) is 14.2 Å². The van der Waals surface area contributed by atoms with Gasteiger partial charge in [0.1, 0.15) is 6.61 Å². The molecule has 0 bridgehead atoms. The van der Waals surface area contributed by atoms with Crippen LogP contribution in [-0.2, 0) is 28.6 Å². The lowest BCUT2D eigenvalue weighted by molar-refractivity contribution is -0.887. The molecule has 0 fully saturated rings. The third kappa shape index (κ3) is 33.6. The van der Waals surface area contributed by atoms with Crippen LogP contribution in [0.1, 0.15) is 194 Å². The van der Waals surface area contributed by atoms with E-state index in [0.717, 1.165) is 38.5 Å². The number of nitrogens with zero attached hydrogens (tertiary/aromatic N) is 1. The molecule has 0 aliphatic rings. The summed E-state index contributed by atoms with van der Waals surface area (Å²) in [6.07, 6.45) is 35.4. The number of carbonyl (C=O) groups excluding carboxylic acids is 2. The maximum absolute atomic E-state index is 12.7. The summed E-state index contributed by atoms with van der Waals surface area (Å²) in [5.74, 6) is -1.47. The number of allylic oxidation sites excluding steroid dienone is 2. The molecule has 0 spiro atoms. The van der Waals surface area contributed by atoms with Crippen molar-refractivity contribution in [2.75, 3.05) is 41.0 Å². The Morgan fingerprint density at radius 3 is 1.41 bits per heavy atom. The lowest BCUT2D eigenvalue weighted by Gasteiger charge is -2.31. The van der Waals surface area contributed by atoms with Gasteiger partial charge in [-0.15, -0.1) is 0 Å². The highest BCUT2D eigenvalue weighted by atomic mass is 16.6. The summed E-state index contributed by atoms with van der Waals surface area (Å²) in [5, 5.41) is 9.59. The number of carboxylic acid groups (broad SMARTS) is 1. The molecule has 0 aromatic heterocycles. The summed E-state index contributed by atoms with van der Waals surface area (Å²) in [6, 6.07) is -0.610. The van der Waals surface area contributed by atoms with Gasteiger partial charge in [0, 0.05) is 19.3 Å². The van der Waals surface area contributed by atoms with E-state index < -0.39 is 18.1 Å². The molecule has 1 N–H and O–H groups in total. The highest BCUT2D eigenvalue weighted by Gasteiger charge is 2.31. The van der Waals surface area contributed by atoms with Gasteiger partial charge in [0.25, 0.3) is 0 Å². The van der Waals surface area contributed by atoms with E-state index in [-0.39, 0.29) is 36.2 Å². The van der Waals surface area contributed by atoms with E-state index in [1.807, 2.05) is 21.1 Å². The van der Waals surface area contributed by atoms with Gasteiger partial charge in [0.2, 0.25) is 0 Å². The summed E-state index contributed by atoms with van der Waals surface area (Å²) >= 11 is 0. The Morgan fingerprint density at radius 1 is 0.569 bits per heavy atom. The van der Waals surface area contributed by atoms with Crippen molar-refractivity contribution in [1.82, 2.24) is 0 Å². The topological polar surface area (TPSA) is 99.1 Å². The van der Waals surface area contributed by atoms with Crippen LogP contribution in [0.3, 0.4) is 0 Å². The third-order valence-corrected chi connectivity index (χ3v) is 9.66. The second kappa shape index (κ2) is 35.1. The molecular weight excluding hydrogens is 642 g/mol. The molecule has 300 valence electrons. The minimum atomic E-state index is -0.874. The maximum atomic E-state index is 12.7. The van der Waals surface area contributed by atoms with Crippen LogP contribution >= 0.6 is 0 Å². The molecular formula is C43H82NO7+. The molecule has 0 aromatic rings. The summed E-state index contributed by atoms with van der Waals surface area (Å²) in [5.41, 5.74) is 0. The minimum absolute atomic E-state index is 0.0476. The first-order chi connectivity index (χ1) is 24.6. The Kier molecular flexibility index (Phi) is 33.8. The molecule has 0 radical (unpaired) electrons. The second-order valence-electron chi connectivity index (χ2n) is 15.6. The predicted molar refractivity (Wildman–Crippen MR) is 211 cm³/mol. The number of quaternary nitrogens is 1. The molecule has 0 aromatic carbocycles. The van der Waals surface area contributed by atoms with E-state index in [1.54, 1.807) is 0 Å². The minimum Gasteiger partial charge on any atom is -0.477 e. The fourth-order valence-corrected chi connectivity index (χ4v) is 6.32. The van der Waals surface area contributed by atoms with Crippen molar-refractivity contribution < 1.29 is 38.2 Å². The van der Waals surface area contributed by atoms with Crippen LogP contribution in [0.15, 0.2) is 12.2 Å². The van der Waals surface area contributed by atoms with E-state index in [1.165, 1.54) is 122 Å². The zero-order valence-electron chi connectivity index (χ0n) is 34.1. The molecule has 8 nitrogen and oxygen atoms in total. The number of hydrogen-bond acceptors (Lipinski definition) is 6. The normalized spacial score (nSPS) is 13.0. The van der Waals surface area contributed by atoms with Crippen molar-refractivity contribution in [1.29, 1.82) is 0 Å². The van der Waals surface area contributed by atoms with Crippen molar-refractivity contribution in [2.24, 2.45) is 0 Å². The van der Waals surface area contributed by atoms with Crippen LogP contribution in [-0.4, -0.2) is 80.6 Å². The van der Waals surface area contributed by atoms with Gasteiger partial charge in [-0.1, -0.05) is 148 Å². The number of carbonyl (C=O) groups is 3. The predicted octanol–water partition coefficient (Wildman–Crippen LogP) is 11.1. The van der Waals surface area contributed by atoms with Crippen molar-refractivity contribution >= 4 is 17.9 Å². The molecule has 0 saturated heterocycles.